The quantitative estimate of drug-likeness (QED) is 0.407. The van der Waals surface area contributed by atoms with Crippen LogP contribution >= 0.6 is 0 Å². The maximum atomic E-state index is 12.0. The van der Waals surface area contributed by atoms with Crippen LogP contribution < -0.4 is 10.6 Å². The zero-order chi connectivity index (χ0) is 17.3. The van der Waals surface area contributed by atoms with Gasteiger partial charge in [0, 0.05) is 39.1 Å². The molecule has 0 spiro atoms. The van der Waals surface area contributed by atoms with Crippen LogP contribution in [-0.4, -0.2) is 49.5 Å². The molecule has 5 nitrogen and oxygen atoms in total. The van der Waals surface area contributed by atoms with Gasteiger partial charge in [-0.2, -0.15) is 0 Å². The Hall–Kier alpha value is -1.26. The van der Waals surface area contributed by atoms with Gasteiger partial charge in [0.2, 0.25) is 5.91 Å². The number of hydrogen-bond acceptors (Lipinski definition) is 2. The highest BCUT2D eigenvalue weighted by Crippen LogP contribution is 2.43. The summed E-state index contributed by atoms with van der Waals surface area (Å²) in [5, 5.41) is 6.78. The van der Waals surface area contributed by atoms with Crippen molar-refractivity contribution in [3.8, 4) is 0 Å². The Morgan fingerprint density at radius 2 is 2.00 bits per heavy atom. The number of carbonyl (C=O) groups excluding carboxylic acids is 1. The molecule has 0 aromatic heterocycles. The summed E-state index contributed by atoms with van der Waals surface area (Å²) in [5.41, 5.74) is 0.459. The van der Waals surface area contributed by atoms with Crippen molar-refractivity contribution in [1.29, 1.82) is 0 Å². The highest BCUT2D eigenvalue weighted by molar-refractivity contribution is 5.79. The van der Waals surface area contributed by atoms with Gasteiger partial charge in [0.15, 0.2) is 5.96 Å². The number of nitrogens with one attached hydrogen (secondary N) is 2. The molecule has 138 valence electrons. The van der Waals surface area contributed by atoms with E-state index in [1.165, 1.54) is 32.1 Å². The molecule has 1 aliphatic carbocycles. The van der Waals surface area contributed by atoms with Gasteiger partial charge in [0.1, 0.15) is 0 Å². The van der Waals surface area contributed by atoms with Crippen molar-refractivity contribution in [2.24, 2.45) is 10.4 Å². The average molecular weight is 337 g/mol. The Bertz CT molecular complexity index is 412. The third-order valence-electron chi connectivity index (χ3n) is 5.65. The summed E-state index contributed by atoms with van der Waals surface area (Å²) in [6, 6.07) is 0. The highest BCUT2D eigenvalue weighted by Gasteiger charge is 2.34. The summed E-state index contributed by atoms with van der Waals surface area (Å²) in [5.74, 6) is 1.27. The van der Waals surface area contributed by atoms with E-state index in [1.807, 2.05) is 4.90 Å². The first-order chi connectivity index (χ1) is 11.7. The number of guanidine groups is 1. The van der Waals surface area contributed by atoms with Gasteiger partial charge < -0.3 is 15.5 Å². The van der Waals surface area contributed by atoms with Gasteiger partial charge in [-0.15, -0.1) is 0 Å². The third kappa shape index (κ3) is 5.67. The van der Waals surface area contributed by atoms with Crippen LogP contribution in [0, 0.1) is 5.41 Å². The zero-order valence-electron chi connectivity index (χ0n) is 15.7. The molecule has 1 saturated heterocycles. The van der Waals surface area contributed by atoms with Crippen molar-refractivity contribution in [2.75, 3.05) is 32.7 Å². The van der Waals surface area contributed by atoms with Crippen LogP contribution in [0.2, 0.25) is 0 Å². The van der Waals surface area contributed by atoms with Crippen LogP contribution in [0.5, 0.6) is 0 Å². The van der Waals surface area contributed by atoms with Crippen LogP contribution in [0.25, 0.3) is 0 Å². The molecule has 0 unspecified atom stereocenters. The maximum Gasteiger partial charge on any atom is 0.222 e. The molecule has 0 bridgehead atoms. The molecule has 2 aliphatic rings. The Kier molecular flexibility index (Phi) is 7.86. The van der Waals surface area contributed by atoms with E-state index in [0.717, 1.165) is 64.4 Å². The van der Waals surface area contributed by atoms with E-state index in [2.05, 4.69) is 24.5 Å². The number of aliphatic imine (C=N–C) groups is 1. The van der Waals surface area contributed by atoms with Gasteiger partial charge in [0.25, 0.3) is 0 Å². The molecule has 1 heterocycles. The Balaban J connectivity index is 1.71. The lowest BCUT2D eigenvalue weighted by Gasteiger charge is -2.40. The minimum Gasteiger partial charge on any atom is -0.357 e. The third-order valence-corrected chi connectivity index (χ3v) is 5.65. The molecule has 2 fully saturated rings. The minimum absolute atomic E-state index is 0.336. The fraction of sp³-hybridized carbons (Fsp3) is 0.895. The van der Waals surface area contributed by atoms with Gasteiger partial charge in [-0.3, -0.25) is 9.79 Å². The second-order valence-electron chi connectivity index (χ2n) is 7.37. The molecule has 0 aromatic rings. The van der Waals surface area contributed by atoms with E-state index in [1.54, 1.807) is 0 Å². The predicted molar refractivity (Wildman–Crippen MR) is 100 cm³/mol. The normalized spacial score (nSPS) is 21.2. The maximum absolute atomic E-state index is 12.0. The predicted octanol–water partition coefficient (Wildman–Crippen LogP) is 2.91. The van der Waals surface area contributed by atoms with E-state index in [9.17, 15) is 4.79 Å². The summed E-state index contributed by atoms with van der Waals surface area (Å²) in [6.07, 6.45) is 10.4. The van der Waals surface area contributed by atoms with Crippen LogP contribution in [0.1, 0.15) is 71.6 Å². The van der Waals surface area contributed by atoms with Gasteiger partial charge in [0.05, 0.1) is 0 Å². The van der Waals surface area contributed by atoms with Crippen molar-refractivity contribution < 1.29 is 4.79 Å². The summed E-state index contributed by atoms with van der Waals surface area (Å²) in [4.78, 5) is 18.8. The van der Waals surface area contributed by atoms with Crippen LogP contribution in [0.4, 0.5) is 0 Å². The fourth-order valence-electron chi connectivity index (χ4n) is 3.64. The summed E-state index contributed by atoms with van der Waals surface area (Å²) >= 11 is 0. The first kappa shape index (κ1) is 19.1. The zero-order valence-corrected chi connectivity index (χ0v) is 15.7. The Morgan fingerprint density at radius 3 is 2.67 bits per heavy atom. The lowest BCUT2D eigenvalue weighted by molar-refractivity contribution is -0.130. The molecule has 1 saturated carbocycles. The smallest absolute Gasteiger partial charge is 0.222 e. The number of nitrogens with zero attached hydrogens (tertiary/aromatic N) is 2. The SMILES string of the molecule is CCNC(=NCC1(CC)CCC1)NCCCN1CCCCCC1=O. The van der Waals surface area contributed by atoms with Gasteiger partial charge in [-0.05, 0) is 50.9 Å². The lowest BCUT2D eigenvalue weighted by atomic mass is 9.67. The average Bonchev–Trinajstić information content (AvgIpc) is 2.75. The molecule has 0 aromatic carbocycles. The molecule has 24 heavy (non-hydrogen) atoms. The lowest BCUT2D eigenvalue weighted by Crippen LogP contribution is -2.41. The van der Waals surface area contributed by atoms with Gasteiger partial charge in [-0.1, -0.05) is 19.8 Å². The molecular formula is C19H36N4O. The van der Waals surface area contributed by atoms with Gasteiger partial charge >= 0.3 is 0 Å². The van der Waals surface area contributed by atoms with E-state index in [-0.39, 0.29) is 0 Å². The molecule has 2 rings (SSSR count). The summed E-state index contributed by atoms with van der Waals surface area (Å²) < 4.78 is 0. The molecule has 2 N–H and O–H groups in total. The van der Waals surface area contributed by atoms with Crippen LogP contribution in [-0.2, 0) is 4.79 Å². The molecule has 5 heteroatoms. The molecular weight excluding hydrogens is 300 g/mol. The monoisotopic (exact) mass is 336 g/mol. The van der Waals surface area contributed by atoms with Crippen LogP contribution in [0.15, 0.2) is 4.99 Å². The number of rotatable bonds is 8. The van der Waals surface area contributed by atoms with Crippen LogP contribution in [0.3, 0.4) is 0 Å². The van der Waals surface area contributed by atoms with E-state index in [4.69, 9.17) is 4.99 Å². The number of carbonyl (C=O) groups is 1. The number of hydrogen-bond donors (Lipinski definition) is 2. The molecule has 0 atom stereocenters. The number of likely N-dealkylation sites (tertiary alicyclic amines) is 1. The first-order valence-electron chi connectivity index (χ1n) is 9.99. The Labute approximate surface area is 147 Å². The minimum atomic E-state index is 0.336. The van der Waals surface area contributed by atoms with Crippen molar-refractivity contribution in [3.63, 3.8) is 0 Å². The summed E-state index contributed by atoms with van der Waals surface area (Å²) in [7, 11) is 0. The number of amides is 1. The van der Waals surface area contributed by atoms with E-state index < -0.39 is 0 Å². The highest BCUT2D eigenvalue weighted by atomic mass is 16.2. The van der Waals surface area contributed by atoms with Crippen molar-refractivity contribution in [3.05, 3.63) is 0 Å². The largest absolute Gasteiger partial charge is 0.357 e. The fourth-order valence-corrected chi connectivity index (χ4v) is 3.64. The Morgan fingerprint density at radius 1 is 1.17 bits per heavy atom. The van der Waals surface area contributed by atoms with Crippen molar-refractivity contribution in [1.82, 2.24) is 15.5 Å². The van der Waals surface area contributed by atoms with Crippen molar-refractivity contribution >= 4 is 11.9 Å². The molecule has 1 aliphatic heterocycles. The molecule has 1 amide bonds. The van der Waals surface area contributed by atoms with E-state index >= 15 is 0 Å². The summed E-state index contributed by atoms with van der Waals surface area (Å²) in [6.45, 7) is 8.88. The molecule has 0 radical (unpaired) electrons. The standard InChI is InChI=1S/C19H36N4O/c1-3-19(11-8-12-19)16-22-18(20-4-2)21-13-9-15-23-14-7-5-6-10-17(23)24/h3-16H2,1-2H3,(H2,20,21,22). The second-order valence-corrected chi connectivity index (χ2v) is 7.37. The van der Waals surface area contributed by atoms with Crippen molar-refractivity contribution in [2.45, 2.75) is 71.6 Å². The van der Waals surface area contributed by atoms with Gasteiger partial charge in [-0.25, -0.2) is 0 Å². The first-order valence-corrected chi connectivity index (χ1v) is 9.99. The second kappa shape index (κ2) is 9.90. The topological polar surface area (TPSA) is 56.7 Å². The van der Waals surface area contributed by atoms with E-state index in [0.29, 0.717) is 11.3 Å².